The van der Waals surface area contributed by atoms with Crippen LogP contribution in [0.2, 0.25) is 0 Å². The fourth-order valence-electron chi connectivity index (χ4n) is 2.05. The van der Waals surface area contributed by atoms with Crippen LogP contribution in [0.3, 0.4) is 0 Å². The molecule has 0 bridgehead atoms. The smallest absolute Gasteiger partial charge is 0.131 e. The van der Waals surface area contributed by atoms with Gasteiger partial charge in [0.2, 0.25) is 0 Å². The van der Waals surface area contributed by atoms with E-state index in [1.54, 1.807) is 0 Å². The molecule has 0 unspecified atom stereocenters. The van der Waals surface area contributed by atoms with Crippen LogP contribution in [0.15, 0.2) is 48.7 Å². The highest BCUT2D eigenvalue weighted by atomic mass is 19.1. The van der Waals surface area contributed by atoms with Gasteiger partial charge < -0.3 is 10.3 Å². The van der Waals surface area contributed by atoms with Gasteiger partial charge in [0.25, 0.3) is 0 Å². The Morgan fingerprint density at radius 1 is 1.00 bits per heavy atom. The summed E-state index contributed by atoms with van der Waals surface area (Å²) in [6.07, 6.45) is 1.85. The molecule has 0 aliphatic heterocycles. The molecule has 0 aliphatic carbocycles. The molecule has 2 nitrogen and oxygen atoms in total. The molecule has 0 saturated carbocycles. The average molecular weight is 258 g/mol. The summed E-state index contributed by atoms with van der Waals surface area (Å²) in [4.78, 5) is 3.09. The first-order valence-corrected chi connectivity index (χ1v) is 5.98. The van der Waals surface area contributed by atoms with Crippen molar-refractivity contribution in [1.29, 1.82) is 0 Å². The third kappa shape index (κ3) is 2.29. The summed E-state index contributed by atoms with van der Waals surface area (Å²) in [5.74, 6) is -1.06. The topological polar surface area (TPSA) is 27.8 Å². The van der Waals surface area contributed by atoms with Crippen molar-refractivity contribution in [2.75, 3.05) is 5.32 Å². The molecule has 3 rings (SSSR count). The molecule has 2 aromatic carbocycles. The van der Waals surface area contributed by atoms with E-state index < -0.39 is 11.6 Å². The Bertz CT molecular complexity index is 699. The molecule has 0 aliphatic rings. The van der Waals surface area contributed by atoms with Gasteiger partial charge in [-0.15, -0.1) is 0 Å². The van der Waals surface area contributed by atoms with Crippen molar-refractivity contribution >= 4 is 16.6 Å². The normalized spacial score (nSPS) is 10.8. The van der Waals surface area contributed by atoms with Gasteiger partial charge in [0.1, 0.15) is 11.6 Å². The second-order valence-electron chi connectivity index (χ2n) is 4.33. The molecule has 1 heterocycles. The summed E-state index contributed by atoms with van der Waals surface area (Å²) in [5, 5.41) is 4.09. The molecule has 1 aromatic heterocycles. The minimum Gasteiger partial charge on any atom is -0.381 e. The molecule has 96 valence electrons. The van der Waals surface area contributed by atoms with Gasteiger partial charge in [0.05, 0.1) is 0 Å². The zero-order valence-corrected chi connectivity index (χ0v) is 10.1. The maximum atomic E-state index is 13.5. The van der Waals surface area contributed by atoms with Crippen molar-refractivity contribution in [3.8, 4) is 0 Å². The highest BCUT2D eigenvalue weighted by molar-refractivity contribution is 5.82. The van der Waals surface area contributed by atoms with Crippen LogP contribution in [0.4, 0.5) is 14.5 Å². The average Bonchev–Trinajstić information content (AvgIpc) is 2.85. The van der Waals surface area contributed by atoms with Crippen molar-refractivity contribution in [3.05, 3.63) is 65.9 Å². The number of hydrogen-bond acceptors (Lipinski definition) is 1. The lowest BCUT2D eigenvalue weighted by atomic mass is 10.2. The minimum absolute atomic E-state index is 0.0525. The van der Waals surface area contributed by atoms with Gasteiger partial charge in [-0.3, -0.25) is 0 Å². The summed E-state index contributed by atoms with van der Waals surface area (Å²) in [6.45, 7) is 0.119. The Balaban J connectivity index is 1.82. The van der Waals surface area contributed by atoms with Crippen molar-refractivity contribution in [2.24, 2.45) is 0 Å². The SMILES string of the molecule is Fc1cccc(F)c1CNc1ccc2[nH]ccc2c1. The zero-order valence-electron chi connectivity index (χ0n) is 10.1. The molecule has 3 aromatic rings. The van der Waals surface area contributed by atoms with Gasteiger partial charge in [0, 0.05) is 34.9 Å². The molecule has 19 heavy (non-hydrogen) atoms. The Labute approximate surface area is 109 Å². The number of fused-ring (bicyclic) bond motifs is 1. The Kier molecular flexibility index (Phi) is 2.91. The van der Waals surface area contributed by atoms with Crippen LogP contribution in [0.25, 0.3) is 10.9 Å². The predicted octanol–water partition coefficient (Wildman–Crippen LogP) is 4.06. The van der Waals surface area contributed by atoms with Gasteiger partial charge >= 0.3 is 0 Å². The lowest BCUT2D eigenvalue weighted by Gasteiger charge is -2.08. The maximum absolute atomic E-state index is 13.5. The molecule has 0 fully saturated rings. The number of anilines is 1. The summed E-state index contributed by atoms with van der Waals surface area (Å²) < 4.78 is 26.9. The fraction of sp³-hybridized carbons (Fsp3) is 0.0667. The number of hydrogen-bond donors (Lipinski definition) is 2. The lowest BCUT2D eigenvalue weighted by molar-refractivity contribution is 0.560. The third-order valence-corrected chi connectivity index (χ3v) is 3.08. The summed E-state index contributed by atoms with van der Waals surface area (Å²) in [7, 11) is 0. The van der Waals surface area contributed by atoms with E-state index in [0.29, 0.717) is 0 Å². The van der Waals surface area contributed by atoms with E-state index in [1.165, 1.54) is 18.2 Å². The molecule has 0 atom stereocenters. The highest BCUT2D eigenvalue weighted by Gasteiger charge is 2.07. The van der Waals surface area contributed by atoms with Crippen molar-refractivity contribution < 1.29 is 8.78 Å². The van der Waals surface area contributed by atoms with Crippen LogP contribution in [-0.4, -0.2) is 4.98 Å². The third-order valence-electron chi connectivity index (χ3n) is 3.08. The number of aromatic amines is 1. The number of benzene rings is 2. The van der Waals surface area contributed by atoms with Crippen LogP contribution in [-0.2, 0) is 6.54 Å². The summed E-state index contributed by atoms with van der Waals surface area (Å²) in [6, 6.07) is 11.6. The van der Waals surface area contributed by atoms with Gasteiger partial charge in [-0.1, -0.05) is 6.07 Å². The Morgan fingerprint density at radius 3 is 2.58 bits per heavy atom. The summed E-state index contributed by atoms with van der Waals surface area (Å²) in [5.41, 5.74) is 1.91. The van der Waals surface area contributed by atoms with E-state index in [4.69, 9.17) is 0 Å². The molecular formula is C15H12F2N2. The summed E-state index contributed by atoms with van der Waals surface area (Å²) >= 11 is 0. The predicted molar refractivity (Wildman–Crippen MR) is 72.0 cm³/mol. The van der Waals surface area contributed by atoms with E-state index in [-0.39, 0.29) is 12.1 Å². The molecule has 0 saturated heterocycles. The largest absolute Gasteiger partial charge is 0.381 e. The molecule has 2 N–H and O–H groups in total. The lowest BCUT2D eigenvalue weighted by Crippen LogP contribution is -2.04. The van der Waals surface area contributed by atoms with Crippen LogP contribution in [0.5, 0.6) is 0 Å². The van der Waals surface area contributed by atoms with Crippen LogP contribution >= 0.6 is 0 Å². The van der Waals surface area contributed by atoms with E-state index in [2.05, 4.69) is 10.3 Å². The van der Waals surface area contributed by atoms with E-state index in [1.807, 2.05) is 30.5 Å². The number of halogens is 2. The Morgan fingerprint density at radius 2 is 1.79 bits per heavy atom. The monoisotopic (exact) mass is 258 g/mol. The molecule has 4 heteroatoms. The number of nitrogens with one attached hydrogen (secondary N) is 2. The van der Waals surface area contributed by atoms with Crippen molar-refractivity contribution in [1.82, 2.24) is 4.98 Å². The van der Waals surface area contributed by atoms with E-state index in [0.717, 1.165) is 16.6 Å². The van der Waals surface area contributed by atoms with Crippen molar-refractivity contribution in [2.45, 2.75) is 6.54 Å². The first-order chi connectivity index (χ1) is 9.24. The van der Waals surface area contributed by atoms with Crippen LogP contribution in [0, 0.1) is 11.6 Å². The minimum atomic E-state index is -0.532. The quantitative estimate of drug-likeness (QED) is 0.728. The first-order valence-electron chi connectivity index (χ1n) is 5.98. The zero-order chi connectivity index (χ0) is 13.2. The maximum Gasteiger partial charge on any atom is 0.131 e. The molecule has 0 radical (unpaired) electrons. The standard InChI is InChI=1S/C15H12F2N2/c16-13-2-1-3-14(17)12(13)9-19-11-4-5-15-10(8-11)6-7-18-15/h1-8,18-19H,9H2. The number of aromatic nitrogens is 1. The number of rotatable bonds is 3. The molecule has 0 spiro atoms. The fourth-order valence-corrected chi connectivity index (χ4v) is 2.05. The number of H-pyrrole nitrogens is 1. The van der Waals surface area contributed by atoms with Gasteiger partial charge in [-0.2, -0.15) is 0 Å². The second kappa shape index (κ2) is 4.72. The van der Waals surface area contributed by atoms with Gasteiger partial charge in [0.15, 0.2) is 0 Å². The molecule has 0 amide bonds. The molecular weight excluding hydrogens is 246 g/mol. The van der Waals surface area contributed by atoms with E-state index in [9.17, 15) is 8.78 Å². The van der Waals surface area contributed by atoms with Crippen LogP contribution in [0.1, 0.15) is 5.56 Å². The first kappa shape index (κ1) is 11.7. The Hall–Kier alpha value is -2.36. The highest BCUT2D eigenvalue weighted by Crippen LogP contribution is 2.19. The van der Waals surface area contributed by atoms with E-state index >= 15 is 0 Å². The second-order valence-corrected chi connectivity index (χ2v) is 4.33. The van der Waals surface area contributed by atoms with Crippen LogP contribution < -0.4 is 5.32 Å². The van der Waals surface area contributed by atoms with Crippen molar-refractivity contribution in [3.63, 3.8) is 0 Å². The van der Waals surface area contributed by atoms with Gasteiger partial charge in [-0.25, -0.2) is 8.78 Å². The van der Waals surface area contributed by atoms with Gasteiger partial charge in [-0.05, 0) is 36.4 Å².